The van der Waals surface area contributed by atoms with Gasteiger partial charge in [-0.15, -0.1) is 0 Å². The van der Waals surface area contributed by atoms with E-state index in [1.165, 1.54) is 11.1 Å². The Balaban J connectivity index is 1.35. The zero-order valence-corrected chi connectivity index (χ0v) is 17.4. The van der Waals surface area contributed by atoms with Crippen LogP contribution < -0.4 is 4.90 Å². The summed E-state index contributed by atoms with van der Waals surface area (Å²) in [5, 5.41) is 0. The topological polar surface area (TPSA) is 62.2 Å². The molecule has 2 aromatic rings. The van der Waals surface area contributed by atoms with E-state index in [9.17, 15) is 9.59 Å². The lowest BCUT2D eigenvalue weighted by Crippen LogP contribution is -2.37. The van der Waals surface area contributed by atoms with E-state index in [0.29, 0.717) is 44.4 Å². The van der Waals surface area contributed by atoms with E-state index in [1.807, 2.05) is 35.2 Å². The molecule has 3 heterocycles. The number of ketones is 1. The van der Waals surface area contributed by atoms with Crippen LogP contribution in [0.5, 0.6) is 0 Å². The molecule has 3 aliphatic heterocycles. The van der Waals surface area contributed by atoms with Crippen molar-refractivity contribution in [2.45, 2.75) is 19.3 Å². The number of nitrogens with zero attached hydrogens (tertiary/aromatic N) is 3. The quantitative estimate of drug-likeness (QED) is 0.769. The standard InChI is InChI=1S/C25H25N3O3/c29-20-15-19(26-24(17-20)27-11-13-31-14-12-27)16-25(30)28-10-9-22-21(7-4-8-23(22)28)18-5-2-1-3-6-18/h1-8,17H,9-16H2. The molecule has 5 rings (SSSR count). The summed E-state index contributed by atoms with van der Waals surface area (Å²) in [5.41, 5.74) is 5.16. The first-order chi connectivity index (χ1) is 15.2. The Morgan fingerprint density at radius 3 is 2.61 bits per heavy atom. The maximum atomic E-state index is 13.2. The van der Waals surface area contributed by atoms with Crippen molar-refractivity contribution >= 4 is 23.1 Å². The second-order valence-electron chi connectivity index (χ2n) is 8.06. The molecule has 158 valence electrons. The summed E-state index contributed by atoms with van der Waals surface area (Å²) in [6, 6.07) is 16.4. The summed E-state index contributed by atoms with van der Waals surface area (Å²) in [4.78, 5) is 34.1. The van der Waals surface area contributed by atoms with Gasteiger partial charge in [-0.3, -0.25) is 9.59 Å². The summed E-state index contributed by atoms with van der Waals surface area (Å²) >= 11 is 0. The number of allylic oxidation sites excluding steroid dienone is 1. The van der Waals surface area contributed by atoms with Crippen molar-refractivity contribution < 1.29 is 14.3 Å². The normalized spacial score (nSPS) is 18.5. The van der Waals surface area contributed by atoms with Gasteiger partial charge in [-0.25, -0.2) is 4.99 Å². The monoisotopic (exact) mass is 415 g/mol. The minimum atomic E-state index is -0.00117. The van der Waals surface area contributed by atoms with E-state index < -0.39 is 0 Å². The summed E-state index contributed by atoms with van der Waals surface area (Å²) in [6.45, 7) is 3.34. The molecule has 0 aromatic heterocycles. The van der Waals surface area contributed by atoms with Crippen LogP contribution in [-0.4, -0.2) is 55.2 Å². The van der Waals surface area contributed by atoms with Gasteiger partial charge in [-0.05, 0) is 29.2 Å². The number of hydrogen-bond acceptors (Lipinski definition) is 5. The Hall–Kier alpha value is -3.25. The number of rotatable bonds is 4. The maximum Gasteiger partial charge on any atom is 0.232 e. The lowest BCUT2D eigenvalue weighted by atomic mass is 9.98. The minimum absolute atomic E-state index is 0.00117. The second-order valence-corrected chi connectivity index (χ2v) is 8.06. The number of aliphatic imine (C=N–C) groups is 1. The molecule has 0 radical (unpaired) electrons. The molecule has 1 fully saturated rings. The van der Waals surface area contributed by atoms with Crippen molar-refractivity contribution in [2.24, 2.45) is 4.99 Å². The first-order valence-electron chi connectivity index (χ1n) is 10.8. The van der Waals surface area contributed by atoms with Gasteiger partial charge in [0.05, 0.1) is 19.6 Å². The smallest absolute Gasteiger partial charge is 0.232 e. The molecule has 0 spiro atoms. The molecule has 2 aromatic carbocycles. The van der Waals surface area contributed by atoms with Crippen molar-refractivity contribution in [3.8, 4) is 11.1 Å². The third-order valence-electron chi connectivity index (χ3n) is 6.04. The van der Waals surface area contributed by atoms with Crippen molar-refractivity contribution in [3.63, 3.8) is 0 Å². The van der Waals surface area contributed by atoms with Crippen LogP contribution in [-0.2, 0) is 20.7 Å². The first-order valence-corrected chi connectivity index (χ1v) is 10.8. The Labute approximate surface area is 181 Å². The van der Waals surface area contributed by atoms with Gasteiger partial charge in [0.15, 0.2) is 5.78 Å². The zero-order valence-electron chi connectivity index (χ0n) is 17.4. The lowest BCUT2D eigenvalue weighted by Gasteiger charge is -2.30. The van der Waals surface area contributed by atoms with Crippen LogP contribution in [0.1, 0.15) is 18.4 Å². The zero-order chi connectivity index (χ0) is 21.2. The van der Waals surface area contributed by atoms with Gasteiger partial charge < -0.3 is 14.5 Å². The molecule has 1 saturated heterocycles. The highest BCUT2D eigenvalue weighted by atomic mass is 16.5. The Morgan fingerprint density at radius 1 is 1.00 bits per heavy atom. The van der Waals surface area contributed by atoms with Crippen LogP contribution in [0.15, 0.2) is 65.4 Å². The Bertz CT molecular complexity index is 1070. The molecule has 6 nitrogen and oxygen atoms in total. The van der Waals surface area contributed by atoms with Crippen LogP contribution in [0, 0.1) is 0 Å². The van der Waals surface area contributed by atoms with Gasteiger partial charge in [-0.1, -0.05) is 42.5 Å². The fourth-order valence-electron chi connectivity index (χ4n) is 4.54. The summed E-state index contributed by atoms with van der Waals surface area (Å²) in [7, 11) is 0. The summed E-state index contributed by atoms with van der Waals surface area (Å²) < 4.78 is 5.39. The predicted octanol–water partition coefficient (Wildman–Crippen LogP) is 3.22. The number of fused-ring (bicyclic) bond motifs is 1. The van der Waals surface area contributed by atoms with Crippen LogP contribution in [0.4, 0.5) is 5.69 Å². The molecule has 31 heavy (non-hydrogen) atoms. The molecular weight excluding hydrogens is 390 g/mol. The predicted molar refractivity (Wildman–Crippen MR) is 120 cm³/mol. The molecule has 6 heteroatoms. The van der Waals surface area contributed by atoms with Gasteiger partial charge in [-0.2, -0.15) is 0 Å². The van der Waals surface area contributed by atoms with Crippen LogP contribution in [0.2, 0.25) is 0 Å². The van der Waals surface area contributed by atoms with E-state index in [2.05, 4.69) is 28.1 Å². The number of hydrogen-bond donors (Lipinski definition) is 0. The number of morpholine rings is 1. The maximum absolute atomic E-state index is 13.2. The van der Waals surface area contributed by atoms with Crippen molar-refractivity contribution in [3.05, 3.63) is 66.0 Å². The second kappa shape index (κ2) is 8.47. The molecule has 1 amide bonds. The van der Waals surface area contributed by atoms with Crippen molar-refractivity contribution in [1.29, 1.82) is 0 Å². The fourth-order valence-corrected chi connectivity index (χ4v) is 4.54. The number of ether oxygens (including phenoxy) is 1. The van der Waals surface area contributed by atoms with Crippen molar-refractivity contribution in [2.75, 3.05) is 37.7 Å². The van der Waals surface area contributed by atoms with E-state index in [-0.39, 0.29) is 24.5 Å². The summed E-state index contributed by atoms with van der Waals surface area (Å²) in [6.07, 6.45) is 2.81. The molecule has 0 bridgehead atoms. The van der Waals surface area contributed by atoms with Gasteiger partial charge >= 0.3 is 0 Å². The summed E-state index contributed by atoms with van der Waals surface area (Å²) in [5.74, 6) is 0.668. The Kier molecular flexibility index (Phi) is 5.38. The average molecular weight is 415 g/mol. The van der Waals surface area contributed by atoms with Gasteiger partial charge in [0.1, 0.15) is 5.82 Å². The van der Waals surface area contributed by atoms with E-state index in [0.717, 1.165) is 17.7 Å². The number of carbonyl (C=O) groups excluding carboxylic acids is 2. The third kappa shape index (κ3) is 4.03. The largest absolute Gasteiger partial charge is 0.378 e. The molecule has 0 N–H and O–H groups in total. The molecule has 3 aliphatic rings. The number of carbonyl (C=O) groups is 2. The molecule has 0 atom stereocenters. The van der Waals surface area contributed by atoms with E-state index in [4.69, 9.17) is 4.74 Å². The fraction of sp³-hybridized carbons (Fsp3) is 0.320. The number of benzene rings is 2. The number of amides is 1. The third-order valence-corrected chi connectivity index (χ3v) is 6.04. The highest BCUT2D eigenvalue weighted by Gasteiger charge is 2.29. The molecular formula is C25H25N3O3. The van der Waals surface area contributed by atoms with Crippen molar-refractivity contribution in [1.82, 2.24) is 4.90 Å². The molecule has 0 unspecified atom stereocenters. The highest BCUT2D eigenvalue weighted by Crippen LogP contribution is 2.36. The highest BCUT2D eigenvalue weighted by molar-refractivity contribution is 6.16. The Morgan fingerprint density at radius 2 is 1.81 bits per heavy atom. The SMILES string of the molecule is O=C1C=C(N2CCOCC2)N=C(CC(=O)N2CCc3c(-c4ccccc4)cccc32)C1. The van der Waals surface area contributed by atoms with E-state index >= 15 is 0 Å². The van der Waals surface area contributed by atoms with Crippen LogP contribution >= 0.6 is 0 Å². The lowest BCUT2D eigenvalue weighted by molar-refractivity contribution is -0.117. The van der Waals surface area contributed by atoms with Gasteiger partial charge in [0, 0.05) is 43.5 Å². The van der Waals surface area contributed by atoms with Gasteiger partial charge in [0.25, 0.3) is 0 Å². The van der Waals surface area contributed by atoms with Gasteiger partial charge in [0.2, 0.25) is 5.91 Å². The molecule has 0 aliphatic carbocycles. The first kappa shape index (κ1) is 19.7. The van der Waals surface area contributed by atoms with E-state index in [1.54, 1.807) is 6.08 Å². The van der Waals surface area contributed by atoms with Crippen LogP contribution in [0.3, 0.4) is 0 Å². The number of anilines is 1. The molecule has 0 saturated carbocycles. The average Bonchev–Trinajstić information content (AvgIpc) is 3.24. The van der Waals surface area contributed by atoms with Crippen LogP contribution in [0.25, 0.3) is 11.1 Å². The minimum Gasteiger partial charge on any atom is -0.378 e.